The number of benzene rings is 1. The topological polar surface area (TPSA) is 101 Å². The monoisotopic (exact) mass is 252 g/mol. The third kappa shape index (κ3) is 1.47. The Balaban J connectivity index is 2.82. The van der Waals surface area contributed by atoms with Gasteiger partial charge in [-0.25, -0.2) is 0 Å². The minimum Gasteiger partial charge on any atom is -0.512 e. The predicted molar refractivity (Wildman–Crippen MR) is 65.8 cm³/mol. The van der Waals surface area contributed by atoms with E-state index >= 15 is 0 Å². The van der Waals surface area contributed by atoms with Crippen LogP contribution in [0.2, 0.25) is 0 Å². The van der Waals surface area contributed by atoms with Gasteiger partial charge >= 0.3 is 0 Å². The molecule has 0 bridgehead atoms. The summed E-state index contributed by atoms with van der Waals surface area (Å²) in [7, 11) is 0. The first-order valence-electron chi connectivity index (χ1n) is 5.58. The third-order valence-electron chi connectivity index (χ3n) is 3.13. The summed E-state index contributed by atoms with van der Waals surface area (Å²) in [4.78, 5) is 0. The summed E-state index contributed by atoms with van der Waals surface area (Å²) >= 11 is 0. The number of hydrogen-bond acceptors (Lipinski definition) is 5. The Morgan fingerprint density at radius 2 is 1.28 bits per heavy atom. The van der Waals surface area contributed by atoms with Crippen LogP contribution in [-0.4, -0.2) is 25.5 Å². The van der Waals surface area contributed by atoms with Crippen molar-refractivity contribution >= 4 is 5.57 Å². The summed E-state index contributed by atoms with van der Waals surface area (Å²) in [6.07, 6.45) is 0.0230. The van der Waals surface area contributed by atoms with Crippen LogP contribution in [-0.2, 0) is 6.42 Å². The van der Waals surface area contributed by atoms with Crippen molar-refractivity contribution in [2.24, 2.45) is 5.41 Å². The molecule has 0 fully saturated rings. The van der Waals surface area contributed by atoms with E-state index in [1.807, 2.05) is 20.8 Å². The summed E-state index contributed by atoms with van der Waals surface area (Å²) < 4.78 is 0. The Labute approximate surface area is 104 Å². The van der Waals surface area contributed by atoms with Gasteiger partial charge in [0.1, 0.15) is 5.76 Å². The van der Waals surface area contributed by atoms with E-state index in [0.29, 0.717) is 5.57 Å². The molecule has 5 heteroatoms. The molecule has 5 N–H and O–H groups in total. The summed E-state index contributed by atoms with van der Waals surface area (Å²) in [6, 6.07) is 0. The Bertz CT molecular complexity index is 564. The fraction of sp³-hybridized carbons (Fsp3) is 0.385. The zero-order valence-electron chi connectivity index (χ0n) is 10.4. The van der Waals surface area contributed by atoms with Gasteiger partial charge < -0.3 is 25.5 Å². The molecule has 1 aromatic carbocycles. The molecule has 0 aromatic heterocycles. The molecule has 18 heavy (non-hydrogen) atoms. The molecule has 2 rings (SSSR count). The predicted octanol–water partition coefficient (Wildman–Crippen LogP) is 2.38. The quantitative estimate of drug-likeness (QED) is 0.360. The second kappa shape index (κ2) is 3.48. The van der Waals surface area contributed by atoms with Crippen LogP contribution in [0.15, 0.2) is 5.76 Å². The first-order valence-corrected chi connectivity index (χ1v) is 5.58. The minimum absolute atomic E-state index is 0.0214. The standard InChI is InChI=1S/C13H16O5/c1-13(2,3)8-6(14)4-5-7(8)10(16)12(18)11(17)9(5)15/h14-18H,4H2,1-3H3. The summed E-state index contributed by atoms with van der Waals surface area (Å²) in [5.74, 6) is -2.55. The van der Waals surface area contributed by atoms with Crippen molar-refractivity contribution in [2.75, 3.05) is 0 Å². The van der Waals surface area contributed by atoms with Gasteiger partial charge in [0.2, 0.25) is 11.5 Å². The number of phenolic OH excluding ortho intramolecular Hbond substituents is 4. The van der Waals surface area contributed by atoms with Gasteiger partial charge in [-0.2, -0.15) is 0 Å². The van der Waals surface area contributed by atoms with Crippen molar-refractivity contribution in [3.8, 4) is 23.0 Å². The molecule has 1 aliphatic carbocycles. The van der Waals surface area contributed by atoms with Crippen molar-refractivity contribution in [3.05, 3.63) is 16.9 Å². The maximum absolute atomic E-state index is 9.97. The van der Waals surface area contributed by atoms with Crippen molar-refractivity contribution in [1.29, 1.82) is 0 Å². The number of aliphatic hydroxyl groups excluding tert-OH is 1. The fourth-order valence-corrected chi connectivity index (χ4v) is 2.40. The lowest BCUT2D eigenvalue weighted by Crippen LogP contribution is -2.09. The fourth-order valence-electron chi connectivity index (χ4n) is 2.40. The summed E-state index contributed by atoms with van der Waals surface area (Å²) in [5.41, 5.74) is 0.418. The van der Waals surface area contributed by atoms with Gasteiger partial charge in [0.05, 0.1) is 0 Å². The molecular weight excluding hydrogens is 236 g/mol. The first kappa shape index (κ1) is 12.4. The zero-order valence-corrected chi connectivity index (χ0v) is 10.4. The second-order valence-corrected chi connectivity index (χ2v) is 5.50. The number of rotatable bonds is 0. The highest BCUT2D eigenvalue weighted by molar-refractivity contribution is 5.86. The van der Waals surface area contributed by atoms with E-state index in [1.165, 1.54) is 0 Å². The SMILES string of the molecule is CC(C)(C)C1=C(O)Cc2c(O)c(O)c(O)c(O)c21. The molecule has 0 heterocycles. The summed E-state index contributed by atoms with van der Waals surface area (Å²) in [5, 5.41) is 48.7. The number of aliphatic hydroxyl groups is 1. The van der Waals surface area contributed by atoms with Gasteiger partial charge in [0.25, 0.3) is 0 Å². The molecule has 1 aliphatic rings. The van der Waals surface area contributed by atoms with Crippen molar-refractivity contribution < 1.29 is 25.5 Å². The Morgan fingerprint density at radius 1 is 0.778 bits per heavy atom. The Morgan fingerprint density at radius 3 is 1.78 bits per heavy atom. The zero-order chi connectivity index (χ0) is 13.8. The van der Waals surface area contributed by atoms with E-state index < -0.39 is 28.4 Å². The maximum atomic E-state index is 9.97. The molecule has 0 aliphatic heterocycles. The van der Waals surface area contributed by atoms with E-state index in [1.54, 1.807) is 0 Å². The summed E-state index contributed by atoms with van der Waals surface area (Å²) in [6.45, 7) is 5.52. The lowest BCUT2D eigenvalue weighted by Gasteiger charge is -2.23. The molecule has 0 saturated carbocycles. The highest BCUT2D eigenvalue weighted by atomic mass is 16.3. The molecule has 1 aromatic rings. The van der Waals surface area contributed by atoms with Gasteiger partial charge in [-0.3, -0.25) is 0 Å². The lowest BCUT2D eigenvalue weighted by atomic mass is 9.82. The third-order valence-corrected chi connectivity index (χ3v) is 3.13. The number of allylic oxidation sites excluding steroid dienone is 2. The molecule has 0 atom stereocenters. The Hall–Kier alpha value is -2.04. The van der Waals surface area contributed by atoms with E-state index in [2.05, 4.69) is 0 Å². The van der Waals surface area contributed by atoms with Crippen molar-refractivity contribution in [3.63, 3.8) is 0 Å². The normalized spacial score (nSPS) is 15.1. The number of aromatic hydroxyl groups is 4. The smallest absolute Gasteiger partial charge is 0.204 e. The van der Waals surface area contributed by atoms with Crippen LogP contribution in [0.25, 0.3) is 5.57 Å². The molecule has 0 spiro atoms. The first-order chi connectivity index (χ1) is 8.16. The number of phenols is 4. The van der Waals surface area contributed by atoms with E-state index in [0.717, 1.165) is 0 Å². The average molecular weight is 252 g/mol. The highest BCUT2D eigenvalue weighted by Gasteiger charge is 2.37. The van der Waals surface area contributed by atoms with Gasteiger partial charge in [-0.15, -0.1) is 0 Å². The number of fused-ring (bicyclic) bond motifs is 1. The molecule has 98 valence electrons. The molecular formula is C13H16O5. The van der Waals surface area contributed by atoms with Crippen LogP contribution in [0, 0.1) is 5.41 Å². The van der Waals surface area contributed by atoms with Crippen molar-refractivity contribution in [2.45, 2.75) is 27.2 Å². The second-order valence-electron chi connectivity index (χ2n) is 5.50. The molecule has 0 amide bonds. The Kier molecular flexibility index (Phi) is 2.40. The molecule has 5 nitrogen and oxygen atoms in total. The van der Waals surface area contributed by atoms with Gasteiger partial charge in [-0.1, -0.05) is 20.8 Å². The largest absolute Gasteiger partial charge is 0.512 e. The van der Waals surface area contributed by atoms with Gasteiger partial charge in [0, 0.05) is 23.1 Å². The van der Waals surface area contributed by atoms with Crippen molar-refractivity contribution in [1.82, 2.24) is 0 Å². The van der Waals surface area contributed by atoms with Crippen LogP contribution in [0.1, 0.15) is 31.9 Å². The van der Waals surface area contributed by atoms with Crippen LogP contribution in [0.4, 0.5) is 0 Å². The molecule has 0 radical (unpaired) electrons. The van der Waals surface area contributed by atoms with Crippen LogP contribution in [0.5, 0.6) is 23.0 Å². The van der Waals surface area contributed by atoms with Crippen LogP contribution >= 0.6 is 0 Å². The van der Waals surface area contributed by atoms with E-state index in [4.69, 9.17) is 0 Å². The lowest BCUT2D eigenvalue weighted by molar-refractivity contribution is 0.342. The number of hydrogen-bond donors (Lipinski definition) is 5. The molecule has 0 saturated heterocycles. The van der Waals surface area contributed by atoms with Crippen LogP contribution in [0.3, 0.4) is 0 Å². The van der Waals surface area contributed by atoms with Gasteiger partial charge in [0.15, 0.2) is 11.5 Å². The van der Waals surface area contributed by atoms with Gasteiger partial charge in [-0.05, 0) is 5.41 Å². The molecule has 0 unspecified atom stereocenters. The van der Waals surface area contributed by atoms with Crippen LogP contribution < -0.4 is 0 Å². The highest BCUT2D eigenvalue weighted by Crippen LogP contribution is 2.56. The maximum Gasteiger partial charge on any atom is 0.204 e. The van der Waals surface area contributed by atoms with E-state index in [-0.39, 0.29) is 23.3 Å². The van der Waals surface area contributed by atoms with E-state index in [9.17, 15) is 25.5 Å². The average Bonchev–Trinajstić information content (AvgIpc) is 2.61. The minimum atomic E-state index is -0.775.